The predicted octanol–water partition coefficient (Wildman–Crippen LogP) is 2.95. The van der Waals surface area contributed by atoms with Gasteiger partial charge in [-0.15, -0.1) is 0 Å². The van der Waals surface area contributed by atoms with Crippen LogP contribution in [0.2, 0.25) is 0 Å². The van der Waals surface area contributed by atoms with Gasteiger partial charge in [0, 0.05) is 18.5 Å². The molecule has 132 valence electrons. The summed E-state index contributed by atoms with van der Waals surface area (Å²) in [6, 6.07) is 11.4. The van der Waals surface area contributed by atoms with E-state index in [-0.39, 0.29) is 0 Å². The number of piperidine rings is 1. The number of carboxylic acid groups (broad SMARTS) is 1. The number of carboxylic acids is 1. The lowest BCUT2D eigenvalue weighted by atomic mass is 9.90. The highest BCUT2D eigenvalue weighted by Gasteiger charge is 2.38. The van der Waals surface area contributed by atoms with Gasteiger partial charge in [-0.3, -0.25) is 4.79 Å². The highest BCUT2D eigenvalue weighted by Crippen LogP contribution is 2.40. The number of rotatable bonds is 7. The van der Waals surface area contributed by atoms with Gasteiger partial charge in [-0.1, -0.05) is 30.3 Å². The molecule has 1 aromatic carbocycles. The molecule has 1 heterocycles. The molecule has 2 unspecified atom stereocenters. The first-order valence-corrected chi connectivity index (χ1v) is 9.20. The van der Waals surface area contributed by atoms with E-state index in [4.69, 9.17) is 0 Å². The number of nitrogens with one attached hydrogen (secondary N) is 1. The third-order valence-electron chi connectivity index (χ3n) is 5.59. The van der Waals surface area contributed by atoms with Crippen LogP contribution < -0.4 is 5.32 Å². The number of hydrogen-bond donors (Lipinski definition) is 2. The number of benzene rings is 1. The van der Waals surface area contributed by atoms with E-state index < -0.39 is 11.4 Å². The number of likely N-dealkylation sites (tertiary alicyclic amines) is 1. The summed E-state index contributed by atoms with van der Waals surface area (Å²) in [6.07, 6.45) is 3.60. The molecule has 0 amide bonds. The van der Waals surface area contributed by atoms with Crippen molar-refractivity contribution in [3.8, 4) is 0 Å². The standard InChI is InChI=1S/C20H30N2O2/c1-20(2,19(23)24)14-22-10-8-15(9-11-22)13-21-18-12-17(18)16-6-4-3-5-7-16/h3-7,15,17-18,21H,8-14H2,1-2H3,(H,23,24). The molecule has 2 fully saturated rings. The average molecular weight is 330 g/mol. The number of nitrogens with zero attached hydrogens (tertiary/aromatic N) is 1. The normalized spacial score (nSPS) is 25.6. The smallest absolute Gasteiger partial charge is 0.310 e. The first-order valence-electron chi connectivity index (χ1n) is 9.20. The largest absolute Gasteiger partial charge is 0.481 e. The zero-order valence-corrected chi connectivity index (χ0v) is 14.9. The molecular weight excluding hydrogens is 300 g/mol. The van der Waals surface area contributed by atoms with Crippen LogP contribution in [0.3, 0.4) is 0 Å². The van der Waals surface area contributed by atoms with Crippen molar-refractivity contribution in [2.24, 2.45) is 11.3 Å². The van der Waals surface area contributed by atoms with Crippen LogP contribution in [0.25, 0.3) is 0 Å². The van der Waals surface area contributed by atoms with Gasteiger partial charge in [0.1, 0.15) is 0 Å². The van der Waals surface area contributed by atoms with Crippen LogP contribution in [0, 0.1) is 11.3 Å². The van der Waals surface area contributed by atoms with Gasteiger partial charge in [-0.2, -0.15) is 0 Å². The molecule has 0 spiro atoms. The summed E-state index contributed by atoms with van der Waals surface area (Å²) in [4.78, 5) is 13.6. The van der Waals surface area contributed by atoms with E-state index in [1.807, 2.05) is 13.8 Å². The maximum absolute atomic E-state index is 11.3. The Bertz CT molecular complexity index is 550. The van der Waals surface area contributed by atoms with E-state index in [0.29, 0.717) is 18.5 Å². The fourth-order valence-electron chi connectivity index (χ4n) is 3.78. The minimum absolute atomic E-state index is 0.649. The van der Waals surface area contributed by atoms with E-state index in [9.17, 15) is 9.90 Å². The van der Waals surface area contributed by atoms with Gasteiger partial charge < -0.3 is 15.3 Å². The molecule has 2 aliphatic rings. The summed E-state index contributed by atoms with van der Waals surface area (Å²) in [6.45, 7) is 7.44. The second-order valence-electron chi connectivity index (χ2n) is 8.18. The molecule has 0 radical (unpaired) electrons. The molecule has 2 N–H and O–H groups in total. The predicted molar refractivity (Wildman–Crippen MR) is 96.2 cm³/mol. The lowest BCUT2D eigenvalue weighted by Crippen LogP contribution is -2.44. The van der Waals surface area contributed by atoms with Crippen molar-refractivity contribution in [2.45, 2.75) is 45.1 Å². The van der Waals surface area contributed by atoms with Gasteiger partial charge in [-0.05, 0) is 64.2 Å². The van der Waals surface area contributed by atoms with Crippen molar-refractivity contribution < 1.29 is 9.90 Å². The molecule has 1 aliphatic carbocycles. The first kappa shape index (κ1) is 17.4. The monoisotopic (exact) mass is 330 g/mol. The van der Waals surface area contributed by atoms with E-state index in [1.165, 1.54) is 24.8 Å². The zero-order chi connectivity index (χ0) is 17.2. The Balaban J connectivity index is 1.36. The molecule has 24 heavy (non-hydrogen) atoms. The van der Waals surface area contributed by atoms with Gasteiger partial charge in [0.2, 0.25) is 0 Å². The van der Waals surface area contributed by atoms with E-state index in [1.54, 1.807) is 0 Å². The summed E-state index contributed by atoms with van der Waals surface area (Å²) >= 11 is 0. The van der Waals surface area contributed by atoms with Crippen LogP contribution in [0.5, 0.6) is 0 Å². The molecule has 1 saturated carbocycles. The maximum Gasteiger partial charge on any atom is 0.310 e. The quantitative estimate of drug-likeness (QED) is 0.807. The Hall–Kier alpha value is -1.39. The molecule has 1 aromatic rings. The van der Waals surface area contributed by atoms with Crippen LogP contribution in [-0.4, -0.2) is 48.2 Å². The van der Waals surface area contributed by atoms with Crippen LogP contribution >= 0.6 is 0 Å². The van der Waals surface area contributed by atoms with Gasteiger partial charge >= 0.3 is 5.97 Å². The van der Waals surface area contributed by atoms with Gasteiger partial charge in [0.15, 0.2) is 0 Å². The van der Waals surface area contributed by atoms with Crippen molar-refractivity contribution in [1.82, 2.24) is 10.2 Å². The second-order valence-corrected chi connectivity index (χ2v) is 8.18. The SMILES string of the molecule is CC(C)(CN1CCC(CNC2CC2c2ccccc2)CC1)C(=O)O. The minimum atomic E-state index is -0.702. The lowest BCUT2D eigenvalue weighted by molar-refractivity contribution is -0.148. The topological polar surface area (TPSA) is 52.6 Å². The Morgan fingerprint density at radius 3 is 2.54 bits per heavy atom. The van der Waals surface area contributed by atoms with Crippen molar-refractivity contribution >= 4 is 5.97 Å². The van der Waals surface area contributed by atoms with Crippen LogP contribution in [0.1, 0.15) is 44.6 Å². The molecular formula is C20H30N2O2. The van der Waals surface area contributed by atoms with Crippen LogP contribution in [0.4, 0.5) is 0 Å². The van der Waals surface area contributed by atoms with Crippen LogP contribution in [-0.2, 0) is 4.79 Å². The molecule has 0 bridgehead atoms. The third-order valence-corrected chi connectivity index (χ3v) is 5.59. The Morgan fingerprint density at radius 1 is 1.25 bits per heavy atom. The van der Waals surface area contributed by atoms with E-state index >= 15 is 0 Å². The number of aliphatic carboxylic acids is 1. The van der Waals surface area contributed by atoms with Gasteiger partial charge in [0.05, 0.1) is 5.41 Å². The molecule has 2 atom stereocenters. The van der Waals surface area contributed by atoms with E-state index in [2.05, 4.69) is 40.5 Å². The molecule has 1 saturated heterocycles. The second kappa shape index (κ2) is 7.24. The van der Waals surface area contributed by atoms with Crippen molar-refractivity contribution in [3.05, 3.63) is 35.9 Å². The minimum Gasteiger partial charge on any atom is -0.481 e. The van der Waals surface area contributed by atoms with Crippen molar-refractivity contribution in [2.75, 3.05) is 26.2 Å². The summed E-state index contributed by atoms with van der Waals surface area (Å²) in [7, 11) is 0. The highest BCUT2D eigenvalue weighted by molar-refractivity contribution is 5.73. The zero-order valence-electron chi connectivity index (χ0n) is 14.9. The molecule has 1 aliphatic heterocycles. The Kier molecular flexibility index (Phi) is 5.26. The van der Waals surface area contributed by atoms with Crippen molar-refractivity contribution in [3.63, 3.8) is 0 Å². The summed E-state index contributed by atoms with van der Waals surface area (Å²) in [5.74, 6) is 0.723. The fourth-order valence-corrected chi connectivity index (χ4v) is 3.78. The molecule has 0 aromatic heterocycles. The molecule has 4 heteroatoms. The molecule has 3 rings (SSSR count). The fraction of sp³-hybridized carbons (Fsp3) is 0.650. The first-order chi connectivity index (χ1) is 11.5. The average Bonchev–Trinajstić information content (AvgIpc) is 3.34. The Morgan fingerprint density at radius 2 is 1.92 bits per heavy atom. The van der Waals surface area contributed by atoms with Crippen LogP contribution in [0.15, 0.2) is 30.3 Å². The molecule has 4 nitrogen and oxygen atoms in total. The number of carbonyl (C=O) groups is 1. The van der Waals surface area contributed by atoms with Crippen molar-refractivity contribution in [1.29, 1.82) is 0 Å². The summed E-state index contributed by atoms with van der Waals surface area (Å²) in [5, 5.41) is 13.0. The third kappa shape index (κ3) is 4.37. The highest BCUT2D eigenvalue weighted by atomic mass is 16.4. The summed E-state index contributed by atoms with van der Waals surface area (Å²) in [5.41, 5.74) is 0.808. The lowest BCUT2D eigenvalue weighted by Gasteiger charge is -2.35. The summed E-state index contributed by atoms with van der Waals surface area (Å²) < 4.78 is 0. The number of hydrogen-bond acceptors (Lipinski definition) is 3. The van der Waals surface area contributed by atoms with E-state index in [0.717, 1.165) is 25.6 Å². The Labute approximate surface area is 145 Å². The maximum atomic E-state index is 11.3. The van der Waals surface area contributed by atoms with Gasteiger partial charge in [-0.25, -0.2) is 0 Å². The van der Waals surface area contributed by atoms with Gasteiger partial charge in [0.25, 0.3) is 0 Å².